The highest BCUT2D eigenvalue weighted by Crippen LogP contribution is 2.22. The van der Waals surface area contributed by atoms with E-state index in [4.69, 9.17) is 9.47 Å². The van der Waals surface area contributed by atoms with E-state index < -0.39 is 0 Å². The first-order valence-electron chi connectivity index (χ1n) is 3.08. The molecule has 10 heavy (non-hydrogen) atoms. The van der Waals surface area contributed by atoms with Gasteiger partial charge in [-0.2, -0.15) is 0 Å². The number of hydrogen-bond donors (Lipinski definition) is 0. The Hall–Kier alpha value is -0.450. The van der Waals surface area contributed by atoms with Crippen LogP contribution in [0.15, 0.2) is 10.9 Å². The molecule has 0 bridgehead atoms. The van der Waals surface area contributed by atoms with Crippen LogP contribution in [-0.4, -0.2) is 18.2 Å². The largest absolute Gasteiger partial charge is 0.345 e. The molecule has 1 aromatic rings. The Kier molecular flexibility index (Phi) is 1.66. The van der Waals surface area contributed by atoms with Gasteiger partial charge in [0.1, 0.15) is 5.69 Å². The summed E-state index contributed by atoms with van der Waals surface area (Å²) in [6.45, 7) is 1.37. The molecule has 0 atom stereocenters. The minimum Gasteiger partial charge on any atom is -0.345 e. The third kappa shape index (κ3) is 1.05. The van der Waals surface area contributed by atoms with Gasteiger partial charge in [0.2, 0.25) is 6.29 Å². The highest BCUT2D eigenvalue weighted by Gasteiger charge is 2.19. The lowest BCUT2D eigenvalue weighted by Crippen LogP contribution is -1.96. The topological polar surface area (TPSA) is 31.4 Å². The maximum absolute atomic E-state index is 5.22. The normalized spacial score (nSPS) is 20.0. The summed E-state index contributed by atoms with van der Waals surface area (Å²) in [6, 6.07) is 0. The van der Waals surface area contributed by atoms with Gasteiger partial charge in [0.25, 0.3) is 0 Å². The maximum atomic E-state index is 5.22. The highest BCUT2D eigenvalue weighted by molar-refractivity contribution is 7.07. The van der Waals surface area contributed by atoms with E-state index >= 15 is 0 Å². The van der Waals surface area contributed by atoms with Gasteiger partial charge in [-0.15, -0.1) is 11.3 Å². The monoisotopic (exact) mass is 157 g/mol. The number of aromatic nitrogens is 1. The molecule has 2 rings (SSSR count). The van der Waals surface area contributed by atoms with Gasteiger partial charge in [0.15, 0.2) is 0 Å². The molecule has 2 heterocycles. The van der Waals surface area contributed by atoms with Crippen molar-refractivity contribution in [3.05, 3.63) is 16.6 Å². The van der Waals surface area contributed by atoms with Gasteiger partial charge in [0, 0.05) is 5.38 Å². The van der Waals surface area contributed by atoms with Gasteiger partial charge >= 0.3 is 0 Å². The Balaban J connectivity index is 2.12. The fourth-order valence-corrected chi connectivity index (χ4v) is 1.42. The second kappa shape index (κ2) is 2.65. The maximum Gasteiger partial charge on any atom is 0.202 e. The average Bonchev–Trinajstić information content (AvgIpc) is 2.59. The van der Waals surface area contributed by atoms with Crippen LogP contribution >= 0.6 is 11.3 Å². The van der Waals surface area contributed by atoms with Crippen LogP contribution in [0.1, 0.15) is 12.0 Å². The van der Waals surface area contributed by atoms with E-state index in [1.54, 1.807) is 16.8 Å². The fourth-order valence-electron chi connectivity index (χ4n) is 0.867. The van der Waals surface area contributed by atoms with E-state index in [-0.39, 0.29) is 6.29 Å². The molecular formula is C6H7NO2S. The van der Waals surface area contributed by atoms with Crippen LogP contribution in [0.5, 0.6) is 0 Å². The molecule has 1 aromatic heterocycles. The lowest BCUT2D eigenvalue weighted by atomic mass is 10.5. The molecule has 0 spiro atoms. The minimum absolute atomic E-state index is 0.203. The molecule has 4 heteroatoms. The first kappa shape index (κ1) is 6.27. The zero-order chi connectivity index (χ0) is 6.81. The Morgan fingerprint density at radius 1 is 1.50 bits per heavy atom. The molecule has 0 N–H and O–H groups in total. The number of hydrogen-bond acceptors (Lipinski definition) is 4. The summed E-state index contributed by atoms with van der Waals surface area (Å²) in [7, 11) is 0. The van der Waals surface area contributed by atoms with Crippen LogP contribution in [0.4, 0.5) is 0 Å². The second-order valence-corrected chi connectivity index (χ2v) is 2.71. The second-order valence-electron chi connectivity index (χ2n) is 1.99. The molecule has 3 nitrogen and oxygen atoms in total. The van der Waals surface area contributed by atoms with Gasteiger partial charge in [-0.25, -0.2) is 4.98 Å². The van der Waals surface area contributed by atoms with Crippen LogP contribution in [-0.2, 0) is 9.47 Å². The average molecular weight is 157 g/mol. The molecule has 0 aliphatic carbocycles. The van der Waals surface area contributed by atoms with Crippen molar-refractivity contribution in [2.24, 2.45) is 0 Å². The predicted molar refractivity (Wildman–Crippen MR) is 36.8 cm³/mol. The minimum atomic E-state index is -0.203. The van der Waals surface area contributed by atoms with Gasteiger partial charge in [-0.05, 0) is 0 Å². The van der Waals surface area contributed by atoms with Crippen LogP contribution in [0.25, 0.3) is 0 Å². The van der Waals surface area contributed by atoms with Crippen LogP contribution in [0.2, 0.25) is 0 Å². The molecule has 0 aromatic carbocycles. The zero-order valence-corrected chi connectivity index (χ0v) is 6.13. The van der Waals surface area contributed by atoms with Crippen molar-refractivity contribution < 1.29 is 9.47 Å². The first-order chi connectivity index (χ1) is 4.97. The molecule has 0 radical (unpaired) electrons. The molecular weight excluding hydrogens is 150 g/mol. The Labute approximate surface area is 62.6 Å². The lowest BCUT2D eigenvalue weighted by Gasteiger charge is -2.02. The summed E-state index contributed by atoms with van der Waals surface area (Å²) in [6.07, 6.45) is -0.203. The fraction of sp³-hybridized carbons (Fsp3) is 0.500. The summed E-state index contributed by atoms with van der Waals surface area (Å²) in [5.74, 6) is 0. The van der Waals surface area contributed by atoms with E-state index in [1.165, 1.54) is 0 Å². The van der Waals surface area contributed by atoms with Gasteiger partial charge in [-0.1, -0.05) is 0 Å². The number of thiazole rings is 1. The lowest BCUT2D eigenvalue weighted by molar-refractivity contribution is -0.0468. The van der Waals surface area contributed by atoms with Crippen molar-refractivity contribution in [2.45, 2.75) is 6.29 Å². The smallest absolute Gasteiger partial charge is 0.202 e. The molecule has 54 valence electrons. The van der Waals surface area contributed by atoms with Gasteiger partial charge in [0.05, 0.1) is 18.7 Å². The predicted octanol–water partition coefficient (Wildman–Crippen LogP) is 1.19. The summed E-state index contributed by atoms with van der Waals surface area (Å²) in [4.78, 5) is 4.07. The van der Waals surface area contributed by atoms with Crippen molar-refractivity contribution in [2.75, 3.05) is 13.2 Å². The van der Waals surface area contributed by atoms with E-state index in [0.29, 0.717) is 13.2 Å². The molecule has 1 fully saturated rings. The highest BCUT2D eigenvalue weighted by atomic mass is 32.1. The van der Waals surface area contributed by atoms with E-state index in [2.05, 4.69) is 4.98 Å². The van der Waals surface area contributed by atoms with E-state index in [1.807, 2.05) is 5.38 Å². The van der Waals surface area contributed by atoms with Crippen molar-refractivity contribution in [1.82, 2.24) is 4.98 Å². The third-order valence-electron chi connectivity index (χ3n) is 1.31. The molecule has 1 saturated heterocycles. The van der Waals surface area contributed by atoms with Crippen molar-refractivity contribution in [3.63, 3.8) is 0 Å². The number of nitrogens with zero attached hydrogens (tertiary/aromatic N) is 1. The Morgan fingerprint density at radius 3 is 2.90 bits per heavy atom. The summed E-state index contributed by atoms with van der Waals surface area (Å²) in [5, 5.41) is 1.94. The number of rotatable bonds is 1. The Bertz CT molecular complexity index is 194. The van der Waals surface area contributed by atoms with Gasteiger partial charge in [-0.3, -0.25) is 0 Å². The van der Waals surface area contributed by atoms with Crippen molar-refractivity contribution in [1.29, 1.82) is 0 Å². The van der Waals surface area contributed by atoms with Crippen LogP contribution < -0.4 is 0 Å². The van der Waals surface area contributed by atoms with E-state index in [9.17, 15) is 0 Å². The Morgan fingerprint density at radius 2 is 2.30 bits per heavy atom. The van der Waals surface area contributed by atoms with Crippen LogP contribution in [0, 0.1) is 0 Å². The zero-order valence-electron chi connectivity index (χ0n) is 5.32. The van der Waals surface area contributed by atoms with Crippen LogP contribution in [0.3, 0.4) is 0 Å². The molecule has 0 unspecified atom stereocenters. The SMILES string of the molecule is c1nc(C2OCCO2)cs1. The van der Waals surface area contributed by atoms with Crippen molar-refractivity contribution in [3.8, 4) is 0 Å². The quantitative estimate of drug-likeness (QED) is 0.613. The third-order valence-corrected chi connectivity index (χ3v) is 1.92. The molecule has 1 aliphatic rings. The molecule has 0 saturated carbocycles. The van der Waals surface area contributed by atoms with Gasteiger partial charge < -0.3 is 9.47 Å². The summed E-state index contributed by atoms with van der Waals surface area (Å²) >= 11 is 1.56. The molecule has 0 amide bonds. The molecule has 1 aliphatic heterocycles. The number of ether oxygens (including phenoxy) is 2. The van der Waals surface area contributed by atoms with Crippen molar-refractivity contribution >= 4 is 11.3 Å². The standard InChI is InChI=1S/C6H7NO2S/c1-2-9-6(8-1)5-3-10-4-7-5/h3-4,6H,1-2H2. The summed E-state index contributed by atoms with van der Waals surface area (Å²) < 4.78 is 10.4. The summed E-state index contributed by atoms with van der Waals surface area (Å²) in [5.41, 5.74) is 2.67. The van der Waals surface area contributed by atoms with E-state index in [0.717, 1.165) is 5.69 Å². The first-order valence-corrected chi connectivity index (χ1v) is 4.02.